The maximum absolute atomic E-state index is 12.8. The number of hydrogen-bond acceptors (Lipinski definition) is 8. The van der Waals surface area contributed by atoms with Crippen molar-refractivity contribution in [3.63, 3.8) is 0 Å². The highest BCUT2D eigenvalue weighted by atomic mass is 32.2. The van der Waals surface area contributed by atoms with E-state index < -0.39 is 93.7 Å². The Bertz CT molecular complexity index is 960. The summed E-state index contributed by atoms with van der Waals surface area (Å²) in [7, 11) is -4.83. The van der Waals surface area contributed by atoms with Gasteiger partial charge >= 0.3 is 11.9 Å². The van der Waals surface area contributed by atoms with E-state index in [2.05, 4.69) is 10.6 Å². The number of nitrogens with two attached hydrogens (primary N) is 1. The fourth-order valence-corrected chi connectivity index (χ4v) is 3.74. The van der Waals surface area contributed by atoms with Gasteiger partial charge in [0, 0.05) is 11.8 Å². The molecular weight excluding hydrogens is 492 g/mol. The molecule has 0 saturated carbocycles. The van der Waals surface area contributed by atoms with Crippen molar-refractivity contribution in [3.05, 3.63) is 0 Å². The summed E-state index contributed by atoms with van der Waals surface area (Å²) in [5.74, 6) is -7.86. The summed E-state index contributed by atoms with van der Waals surface area (Å²) in [5.41, 5.74) is 2.11. The second-order valence-corrected chi connectivity index (χ2v) is 10.7. The SMILES string of the molecule is CC(C)(CC(C)(C)C(=O)NC(CS(=O)(=O)O)C(=O)NC(CCC(=O)NCC(N)=O)C(=O)O)C(=O)O. The van der Waals surface area contributed by atoms with Gasteiger partial charge in [0.05, 0.1) is 12.0 Å². The molecule has 2 atom stereocenters. The standard InChI is InChI=1S/C19H32N4O11S/c1-18(2,9-19(3,4)17(30)31)16(29)23-11(8-35(32,33)34)14(26)22-10(15(27)28)5-6-13(25)21-7-12(20)24/h10-11H,5-9H2,1-4H3,(H2,20,24)(H,21,25)(H,22,26)(H,23,29)(H,27,28)(H,30,31)(H,32,33,34). The lowest BCUT2D eigenvalue weighted by molar-refractivity contribution is -0.150. The van der Waals surface area contributed by atoms with E-state index in [-0.39, 0.29) is 6.42 Å². The Labute approximate surface area is 201 Å². The van der Waals surface area contributed by atoms with Gasteiger partial charge in [0.15, 0.2) is 0 Å². The van der Waals surface area contributed by atoms with E-state index in [4.69, 9.17) is 5.73 Å². The third-order valence-electron chi connectivity index (χ3n) is 4.81. The molecule has 0 aliphatic heterocycles. The van der Waals surface area contributed by atoms with Crippen LogP contribution in [-0.4, -0.2) is 83.1 Å². The van der Waals surface area contributed by atoms with Crippen molar-refractivity contribution in [1.29, 1.82) is 0 Å². The molecule has 0 aliphatic carbocycles. The first-order valence-corrected chi connectivity index (χ1v) is 11.9. The van der Waals surface area contributed by atoms with Crippen molar-refractivity contribution < 1.29 is 52.0 Å². The smallest absolute Gasteiger partial charge is 0.326 e. The molecule has 0 spiro atoms. The van der Waals surface area contributed by atoms with Crippen LogP contribution in [0.25, 0.3) is 0 Å². The number of carboxylic acids is 2. The number of carbonyl (C=O) groups excluding carboxylic acids is 4. The summed E-state index contributed by atoms with van der Waals surface area (Å²) in [6.45, 7) is 4.97. The minimum Gasteiger partial charge on any atom is -0.481 e. The third-order valence-corrected chi connectivity index (χ3v) is 5.57. The van der Waals surface area contributed by atoms with Gasteiger partial charge in [-0.25, -0.2) is 4.79 Å². The fourth-order valence-electron chi connectivity index (χ4n) is 3.09. The molecule has 0 rings (SSSR count). The van der Waals surface area contributed by atoms with Crippen molar-refractivity contribution in [2.24, 2.45) is 16.6 Å². The summed E-state index contributed by atoms with van der Waals surface area (Å²) in [4.78, 5) is 70.6. The summed E-state index contributed by atoms with van der Waals surface area (Å²) in [5, 5.41) is 24.8. The summed E-state index contributed by atoms with van der Waals surface area (Å²) in [6.07, 6.45) is -1.12. The van der Waals surface area contributed by atoms with E-state index in [1.165, 1.54) is 27.7 Å². The van der Waals surface area contributed by atoms with Gasteiger partial charge in [-0.1, -0.05) is 13.8 Å². The van der Waals surface area contributed by atoms with Gasteiger partial charge in [0.2, 0.25) is 23.6 Å². The summed E-state index contributed by atoms with van der Waals surface area (Å²) in [6, 6.07) is -3.63. The molecule has 0 aromatic carbocycles. The Hall–Kier alpha value is -3.27. The number of hydrogen-bond donors (Lipinski definition) is 7. The van der Waals surface area contributed by atoms with Gasteiger partial charge in [0.25, 0.3) is 10.1 Å². The number of aliphatic carboxylic acids is 2. The third kappa shape index (κ3) is 12.1. The Kier molecular flexibility index (Phi) is 11.3. The molecule has 200 valence electrons. The lowest BCUT2D eigenvalue weighted by Gasteiger charge is -2.32. The average Bonchev–Trinajstić information content (AvgIpc) is 2.66. The van der Waals surface area contributed by atoms with Gasteiger partial charge < -0.3 is 31.9 Å². The van der Waals surface area contributed by atoms with Crippen LogP contribution in [0.5, 0.6) is 0 Å². The first-order valence-electron chi connectivity index (χ1n) is 10.3. The van der Waals surface area contributed by atoms with Crippen LogP contribution in [0.3, 0.4) is 0 Å². The molecule has 16 heteroatoms. The van der Waals surface area contributed by atoms with Crippen LogP contribution in [-0.2, 0) is 38.9 Å². The number of carbonyl (C=O) groups is 6. The molecule has 35 heavy (non-hydrogen) atoms. The lowest BCUT2D eigenvalue weighted by Crippen LogP contribution is -2.56. The highest BCUT2D eigenvalue weighted by Gasteiger charge is 2.41. The highest BCUT2D eigenvalue weighted by Crippen LogP contribution is 2.34. The Morgan fingerprint density at radius 3 is 1.89 bits per heavy atom. The molecule has 0 heterocycles. The topological polar surface area (TPSA) is 259 Å². The summed E-state index contributed by atoms with van der Waals surface area (Å²) >= 11 is 0. The zero-order chi connectivity index (χ0) is 27.8. The van der Waals surface area contributed by atoms with E-state index in [1.54, 1.807) is 0 Å². The molecule has 15 nitrogen and oxygen atoms in total. The monoisotopic (exact) mass is 524 g/mol. The molecule has 4 amide bonds. The molecule has 0 aromatic rings. The minimum atomic E-state index is -4.83. The van der Waals surface area contributed by atoms with Gasteiger partial charge in [-0.2, -0.15) is 8.42 Å². The lowest BCUT2D eigenvalue weighted by atomic mass is 9.74. The van der Waals surface area contributed by atoms with Gasteiger partial charge in [0.1, 0.15) is 17.8 Å². The molecule has 0 saturated heterocycles. The number of primary amides is 1. The van der Waals surface area contributed by atoms with Crippen molar-refractivity contribution in [2.45, 2.75) is 59.0 Å². The first-order chi connectivity index (χ1) is 15.7. The van der Waals surface area contributed by atoms with Crippen LogP contribution in [0, 0.1) is 10.8 Å². The number of rotatable bonds is 15. The number of carboxylic acid groups (broad SMARTS) is 2. The maximum atomic E-state index is 12.8. The number of amides is 4. The van der Waals surface area contributed by atoms with E-state index in [0.717, 1.165) is 0 Å². The molecule has 2 unspecified atom stereocenters. The highest BCUT2D eigenvalue weighted by molar-refractivity contribution is 7.85. The molecular formula is C19H32N4O11S. The van der Waals surface area contributed by atoms with E-state index >= 15 is 0 Å². The maximum Gasteiger partial charge on any atom is 0.326 e. The second-order valence-electron chi connectivity index (χ2n) is 9.21. The van der Waals surface area contributed by atoms with Crippen molar-refractivity contribution in [1.82, 2.24) is 16.0 Å². The zero-order valence-corrected chi connectivity index (χ0v) is 20.6. The second kappa shape index (κ2) is 12.4. The first kappa shape index (κ1) is 31.7. The van der Waals surface area contributed by atoms with Crippen LogP contribution < -0.4 is 21.7 Å². The predicted octanol–water partition coefficient (Wildman–Crippen LogP) is -2.16. The Morgan fingerprint density at radius 2 is 1.46 bits per heavy atom. The zero-order valence-electron chi connectivity index (χ0n) is 19.8. The molecule has 0 aromatic heterocycles. The van der Waals surface area contributed by atoms with E-state index in [9.17, 15) is 52.0 Å². The van der Waals surface area contributed by atoms with Crippen LogP contribution in [0.15, 0.2) is 0 Å². The summed E-state index contributed by atoms with van der Waals surface area (Å²) < 4.78 is 32.0. The van der Waals surface area contributed by atoms with Gasteiger partial charge in [-0.05, 0) is 26.7 Å². The quantitative estimate of drug-likeness (QED) is 0.113. The predicted molar refractivity (Wildman–Crippen MR) is 119 cm³/mol. The number of nitrogens with one attached hydrogen (secondary N) is 3. The van der Waals surface area contributed by atoms with Crippen molar-refractivity contribution in [2.75, 3.05) is 12.3 Å². The Balaban J connectivity index is 5.55. The molecule has 0 aliphatic rings. The van der Waals surface area contributed by atoms with Crippen molar-refractivity contribution >= 4 is 45.7 Å². The largest absolute Gasteiger partial charge is 0.481 e. The van der Waals surface area contributed by atoms with Crippen LogP contribution in [0.1, 0.15) is 47.0 Å². The van der Waals surface area contributed by atoms with Crippen molar-refractivity contribution in [3.8, 4) is 0 Å². The minimum absolute atomic E-state index is 0.209. The van der Waals surface area contributed by atoms with Crippen LogP contribution in [0.2, 0.25) is 0 Å². The molecule has 0 radical (unpaired) electrons. The molecule has 8 N–H and O–H groups in total. The molecule has 0 bridgehead atoms. The molecule has 0 fully saturated rings. The van der Waals surface area contributed by atoms with E-state index in [1.807, 2.05) is 5.32 Å². The average molecular weight is 525 g/mol. The Morgan fingerprint density at radius 1 is 0.914 bits per heavy atom. The normalized spacial score (nSPS) is 13.7. The fraction of sp³-hybridized carbons (Fsp3) is 0.684. The van der Waals surface area contributed by atoms with Gasteiger partial charge in [-0.15, -0.1) is 0 Å². The van der Waals surface area contributed by atoms with Crippen LogP contribution in [0.4, 0.5) is 0 Å². The van der Waals surface area contributed by atoms with E-state index in [0.29, 0.717) is 0 Å². The van der Waals surface area contributed by atoms with Crippen LogP contribution >= 0.6 is 0 Å². The van der Waals surface area contributed by atoms with Gasteiger partial charge in [-0.3, -0.25) is 28.5 Å².